The van der Waals surface area contributed by atoms with E-state index in [4.69, 9.17) is 14.6 Å². The summed E-state index contributed by atoms with van der Waals surface area (Å²) in [6.07, 6.45) is 1.39. The predicted molar refractivity (Wildman–Crippen MR) is 102 cm³/mol. The summed E-state index contributed by atoms with van der Waals surface area (Å²) in [6, 6.07) is 13.7. The Balaban J connectivity index is 2.30. The number of para-hydroxylation sites is 1. The zero-order chi connectivity index (χ0) is 19.8. The molecule has 8 heteroatoms. The number of carbonyl (C=O) groups excluding carboxylic acids is 1. The van der Waals surface area contributed by atoms with Gasteiger partial charge in [0.05, 0.1) is 7.11 Å². The summed E-state index contributed by atoms with van der Waals surface area (Å²) in [5.74, 6) is -1.19. The summed E-state index contributed by atoms with van der Waals surface area (Å²) in [7, 11) is 1.40. The van der Waals surface area contributed by atoms with Gasteiger partial charge in [0, 0.05) is 10.2 Å². The Kier molecular flexibility index (Phi) is 6.97. The number of anilines is 1. The van der Waals surface area contributed by atoms with Crippen molar-refractivity contribution < 1.29 is 24.2 Å². The molecule has 0 aromatic heterocycles. The summed E-state index contributed by atoms with van der Waals surface area (Å²) >= 11 is 3.32. The number of nitrogens with zero attached hydrogens (tertiary/aromatic N) is 1. The Morgan fingerprint density at radius 3 is 2.56 bits per heavy atom. The van der Waals surface area contributed by atoms with E-state index >= 15 is 0 Å². The lowest BCUT2D eigenvalue weighted by Crippen LogP contribution is -2.13. The van der Waals surface area contributed by atoms with Crippen molar-refractivity contribution in [2.75, 3.05) is 19.0 Å². The number of ether oxygens (including phenoxy) is 2. The van der Waals surface area contributed by atoms with Gasteiger partial charge in [-0.2, -0.15) is 5.26 Å². The lowest BCUT2D eigenvalue weighted by Gasteiger charge is -2.12. The van der Waals surface area contributed by atoms with Crippen LogP contribution in [-0.2, 0) is 9.59 Å². The Morgan fingerprint density at radius 1 is 1.26 bits per heavy atom. The summed E-state index contributed by atoms with van der Waals surface area (Å²) in [5.41, 5.74) is 0.952. The maximum absolute atomic E-state index is 12.3. The molecule has 0 spiro atoms. The minimum absolute atomic E-state index is 0.110. The Hall–Kier alpha value is -3.31. The van der Waals surface area contributed by atoms with Crippen LogP contribution in [0.2, 0.25) is 0 Å². The van der Waals surface area contributed by atoms with Crippen molar-refractivity contribution in [3.63, 3.8) is 0 Å². The van der Waals surface area contributed by atoms with E-state index in [0.29, 0.717) is 15.7 Å². The number of aliphatic carboxylic acids is 1. The minimum Gasteiger partial charge on any atom is -0.493 e. The van der Waals surface area contributed by atoms with Gasteiger partial charge >= 0.3 is 5.97 Å². The van der Waals surface area contributed by atoms with Gasteiger partial charge in [0.15, 0.2) is 18.1 Å². The minimum atomic E-state index is -1.12. The molecule has 0 radical (unpaired) electrons. The van der Waals surface area contributed by atoms with E-state index in [-0.39, 0.29) is 17.1 Å². The second kappa shape index (κ2) is 9.40. The molecule has 1 amide bonds. The third-order valence-electron chi connectivity index (χ3n) is 3.33. The lowest BCUT2D eigenvalue weighted by molar-refractivity contribution is -0.139. The molecule has 0 bridgehead atoms. The quantitative estimate of drug-likeness (QED) is 0.514. The van der Waals surface area contributed by atoms with E-state index in [0.717, 1.165) is 0 Å². The van der Waals surface area contributed by atoms with Gasteiger partial charge in [-0.1, -0.05) is 34.1 Å². The third kappa shape index (κ3) is 5.59. The molecule has 2 aromatic carbocycles. The lowest BCUT2D eigenvalue weighted by atomic mass is 10.1. The first-order chi connectivity index (χ1) is 12.9. The molecule has 7 nitrogen and oxygen atoms in total. The fourth-order valence-electron chi connectivity index (χ4n) is 2.10. The molecule has 0 unspecified atom stereocenters. The second-order valence-corrected chi connectivity index (χ2v) is 6.05. The number of nitrogens with one attached hydrogen (secondary N) is 1. The van der Waals surface area contributed by atoms with Crippen molar-refractivity contribution in [3.8, 4) is 17.6 Å². The van der Waals surface area contributed by atoms with Crippen molar-refractivity contribution in [1.29, 1.82) is 5.26 Å². The molecule has 0 aliphatic rings. The first-order valence-electron chi connectivity index (χ1n) is 7.65. The zero-order valence-electron chi connectivity index (χ0n) is 14.2. The van der Waals surface area contributed by atoms with Gasteiger partial charge in [-0.05, 0) is 35.9 Å². The van der Waals surface area contributed by atoms with Gasteiger partial charge in [0.2, 0.25) is 0 Å². The molecule has 0 saturated heterocycles. The monoisotopic (exact) mass is 430 g/mol. The highest BCUT2D eigenvalue weighted by Crippen LogP contribution is 2.34. The molecule has 138 valence electrons. The average Bonchev–Trinajstić information content (AvgIpc) is 2.66. The fourth-order valence-corrected chi connectivity index (χ4v) is 2.53. The normalized spacial score (nSPS) is 10.6. The van der Waals surface area contributed by atoms with Crippen molar-refractivity contribution in [1.82, 2.24) is 0 Å². The summed E-state index contributed by atoms with van der Waals surface area (Å²) < 4.78 is 10.9. The van der Waals surface area contributed by atoms with Crippen molar-refractivity contribution in [2.24, 2.45) is 0 Å². The smallest absolute Gasteiger partial charge is 0.341 e. The van der Waals surface area contributed by atoms with Crippen molar-refractivity contribution in [3.05, 3.63) is 58.1 Å². The van der Waals surface area contributed by atoms with Gasteiger partial charge in [0.1, 0.15) is 11.6 Å². The molecule has 27 heavy (non-hydrogen) atoms. The highest BCUT2D eigenvalue weighted by atomic mass is 79.9. The van der Waals surface area contributed by atoms with Crippen LogP contribution in [0.25, 0.3) is 6.08 Å². The number of carboxylic acids is 1. The molecule has 0 saturated carbocycles. The number of amides is 1. The van der Waals surface area contributed by atoms with Crippen LogP contribution in [-0.4, -0.2) is 30.7 Å². The first kappa shape index (κ1) is 20.0. The molecule has 0 atom stereocenters. The number of hydrogen-bond donors (Lipinski definition) is 2. The maximum Gasteiger partial charge on any atom is 0.341 e. The van der Waals surface area contributed by atoms with E-state index in [2.05, 4.69) is 21.2 Å². The van der Waals surface area contributed by atoms with Crippen LogP contribution in [0.15, 0.2) is 52.5 Å². The SMILES string of the molecule is COc1cc(C=C(C#N)C(=O)Nc2ccccc2)c(Br)cc1OCC(=O)O. The number of carboxylic acid groups (broad SMARTS) is 1. The van der Waals surface area contributed by atoms with E-state index < -0.39 is 18.5 Å². The van der Waals surface area contributed by atoms with Crippen molar-refractivity contribution >= 4 is 39.6 Å². The fraction of sp³-hybridized carbons (Fsp3) is 0.105. The predicted octanol–water partition coefficient (Wildman–Crippen LogP) is 3.47. The summed E-state index contributed by atoms with van der Waals surface area (Å²) in [5, 5.41) is 20.7. The number of hydrogen-bond acceptors (Lipinski definition) is 5. The number of rotatable bonds is 7. The number of halogens is 1. The van der Waals surface area contributed by atoms with Crippen LogP contribution < -0.4 is 14.8 Å². The van der Waals surface area contributed by atoms with Crippen LogP contribution in [0.4, 0.5) is 5.69 Å². The van der Waals surface area contributed by atoms with E-state index in [1.165, 1.54) is 25.3 Å². The Bertz CT molecular complexity index is 920. The zero-order valence-corrected chi connectivity index (χ0v) is 15.8. The molecule has 2 N–H and O–H groups in total. The number of carbonyl (C=O) groups is 2. The molecule has 2 rings (SSSR count). The summed E-state index contributed by atoms with van der Waals surface area (Å²) in [6.45, 7) is -0.527. The van der Waals surface area contributed by atoms with E-state index in [9.17, 15) is 14.9 Å². The van der Waals surface area contributed by atoms with Crippen LogP contribution in [0.1, 0.15) is 5.56 Å². The van der Waals surface area contributed by atoms with Gasteiger partial charge in [-0.3, -0.25) is 4.79 Å². The molecular formula is C19H15BrN2O5. The van der Waals surface area contributed by atoms with Crippen molar-refractivity contribution in [2.45, 2.75) is 0 Å². The maximum atomic E-state index is 12.3. The first-order valence-corrected chi connectivity index (χ1v) is 8.44. The third-order valence-corrected chi connectivity index (χ3v) is 4.02. The molecule has 0 aliphatic heterocycles. The van der Waals surface area contributed by atoms with Gasteiger partial charge in [0.25, 0.3) is 5.91 Å². The largest absolute Gasteiger partial charge is 0.493 e. The van der Waals surface area contributed by atoms with Crippen LogP contribution in [0.3, 0.4) is 0 Å². The highest BCUT2D eigenvalue weighted by molar-refractivity contribution is 9.10. The van der Waals surface area contributed by atoms with E-state index in [1.807, 2.05) is 12.1 Å². The van der Waals surface area contributed by atoms with Crippen LogP contribution in [0.5, 0.6) is 11.5 Å². The number of nitriles is 1. The number of benzene rings is 2. The van der Waals surface area contributed by atoms with Gasteiger partial charge in [-0.15, -0.1) is 0 Å². The Labute approximate surface area is 164 Å². The topological polar surface area (TPSA) is 109 Å². The van der Waals surface area contributed by atoms with Crippen LogP contribution in [0, 0.1) is 11.3 Å². The Morgan fingerprint density at radius 2 is 1.96 bits per heavy atom. The molecule has 0 aliphatic carbocycles. The molecule has 0 heterocycles. The second-order valence-electron chi connectivity index (χ2n) is 5.20. The van der Waals surface area contributed by atoms with E-state index in [1.54, 1.807) is 24.3 Å². The standard InChI is InChI=1S/C19H15BrN2O5/c1-26-16-8-12(15(20)9-17(16)27-11-18(23)24)7-13(10-21)19(25)22-14-5-3-2-4-6-14/h2-9H,11H2,1H3,(H,22,25)(H,23,24). The summed E-state index contributed by atoms with van der Waals surface area (Å²) in [4.78, 5) is 23.0. The highest BCUT2D eigenvalue weighted by Gasteiger charge is 2.14. The van der Waals surface area contributed by atoms with Gasteiger partial charge < -0.3 is 19.9 Å². The number of methoxy groups -OCH3 is 1. The van der Waals surface area contributed by atoms with Crippen LogP contribution >= 0.6 is 15.9 Å². The average molecular weight is 431 g/mol. The molecular weight excluding hydrogens is 416 g/mol. The van der Waals surface area contributed by atoms with Gasteiger partial charge in [-0.25, -0.2) is 4.79 Å². The molecule has 0 fully saturated rings. The molecule has 2 aromatic rings.